The van der Waals surface area contributed by atoms with Gasteiger partial charge in [-0.15, -0.1) is 0 Å². The monoisotopic (exact) mass is 307 g/mol. The van der Waals surface area contributed by atoms with Gasteiger partial charge in [0.2, 0.25) is 0 Å². The minimum absolute atomic E-state index is 0.144. The van der Waals surface area contributed by atoms with E-state index in [1.165, 1.54) is 13.8 Å². The number of sulfone groups is 1. The summed E-state index contributed by atoms with van der Waals surface area (Å²) in [6.45, 7) is 2.74. The van der Waals surface area contributed by atoms with Crippen LogP contribution in [0.4, 0.5) is 14.5 Å². The molecule has 2 N–H and O–H groups in total. The zero-order valence-electron chi connectivity index (χ0n) is 11.2. The Hall–Kier alpha value is -1.70. The van der Waals surface area contributed by atoms with Crippen molar-refractivity contribution >= 4 is 21.5 Å². The molecule has 8 heteroatoms. The molecular formula is C12H15F2NO4S. The average Bonchev–Trinajstić information content (AvgIpc) is 2.29. The normalized spacial score (nSPS) is 12.2. The van der Waals surface area contributed by atoms with Gasteiger partial charge >= 0.3 is 5.97 Å². The Morgan fingerprint density at radius 1 is 1.30 bits per heavy atom. The van der Waals surface area contributed by atoms with Gasteiger partial charge in [0.15, 0.2) is 21.5 Å². The van der Waals surface area contributed by atoms with Crippen molar-refractivity contribution in [2.75, 3.05) is 18.1 Å². The lowest BCUT2D eigenvalue weighted by atomic mass is 10.1. The second-order valence-corrected chi connectivity index (χ2v) is 7.63. The second-order valence-electron chi connectivity index (χ2n) is 4.98. The van der Waals surface area contributed by atoms with E-state index in [0.29, 0.717) is 0 Å². The van der Waals surface area contributed by atoms with Crippen molar-refractivity contribution in [1.29, 1.82) is 0 Å². The topological polar surface area (TPSA) is 83.5 Å². The zero-order chi connectivity index (χ0) is 15.7. The van der Waals surface area contributed by atoms with Crippen LogP contribution in [0.25, 0.3) is 0 Å². The molecule has 0 radical (unpaired) electrons. The van der Waals surface area contributed by atoms with Crippen LogP contribution in [0.2, 0.25) is 0 Å². The summed E-state index contributed by atoms with van der Waals surface area (Å²) >= 11 is 0. The molecule has 0 saturated heterocycles. The number of hydrogen-bond donors (Lipinski definition) is 2. The van der Waals surface area contributed by atoms with Gasteiger partial charge in [-0.05, 0) is 26.0 Å². The fourth-order valence-electron chi connectivity index (χ4n) is 1.29. The minimum atomic E-state index is -3.39. The third-order valence-corrected chi connectivity index (χ3v) is 5.17. The van der Waals surface area contributed by atoms with E-state index in [0.717, 1.165) is 18.4 Å². The molecule has 0 atom stereocenters. The van der Waals surface area contributed by atoms with Crippen LogP contribution in [-0.4, -0.2) is 37.0 Å². The maximum atomic E-state index is 13.6. The number of benzene rings is 1. The highest BCUT2D eigenvalue weighted by atomic mass is 32.2. The molecule has 0 aromatic heterocycles. The summed E-state index contributed by atoms with van der Waals surface area (Å²) in [5.74, 6) is -4.42. The van der Waals surface area contributed by atoms with Crippen LogP contribution in [0.15, 0.2) is 12.1 Å². The molecule has 1 rings (SSSR count). The fraction of sp³-hybridized carbons (Fsp3) is 0.417. The van der Waals surface area contributed by atoms with E-state index >= 15 is 0 Å². The lowest BCUT2D eigenvalue weighted by Crippen LogP contribution is -2.38. The Kier molecular flexibility index (Phi) is 4.38. The first-order chi connectivity index (χ1) is 8.97. The lowest BCUT2D eigenvalue weighted by molar-refractivity contribution is 0.0690. The van der Waals surface area contributed by atoms with E-state index in [4.69, 9.17) is 5.11 Å². The Balaban J connectivity index is 3.02. The molecule has 5 nitrogen and oxygen atoms in total. The number of aromatic carboxylic acids is 1. The second kappa shape index (κ2) is 5.35. The number of halogens is 2. The van der Waals surface area contributed by atoms with Crippen molar-refractivity contribution in [2.24, 2.45) is 0 Å². The van der Waals surface area contributed by atoms with Gasteiger partial charge in [-0.25, -0.2) is 22.0 Å². The van der Waals surface area contributed by atoms with Crippen LogP contribution in [0, 0.1) is 11.6 Å². The highest BCUT2D eigenvalue weighted by Crippen LogP contribution is 2.23. The highest BCUT2D eigenvalue weighted by Gasteiger charge is 2.30. The Bertz CT molecular complexity index is 641. The Morgan fingerprint density at radius 2 is 1.85 bits per heavy atom. The third-order valence-electron chi connectivity index (χ3n) is 3.02. The summed E-state index contributed by atoms with van der Waals surface area (Å²) in [6.07, 6.45) is 1.04. The van der Waals surface area contributed by atoms with E-state index in [1.54, 1.807) is 0 Å². The van der Waals surface area contributed by atoms with Crippen molar-refractivity contribution in [3.63, 3.8) is 0 Å². The molecule has 0 unspecified atom stereocenters. The van der Waals surface area contributed by atoms with Crippen LogP contribution >= 0.6 is 0 Å². The van der Waals surface area contributed by atoms with Crippen LogP contribution in [-0.2, 0) is 9.84 Å². The Morgan fingerprint density at radius 3 is 2.30 bits per heavy atom. The van der Waals surface area contributed by atoms with Gasteiger partial charge in [0.25, 0.3) is 0 Å². The number of carboxylic acids is 1. The minimum Gasteiger partial charge on any atom is -0.478 e. The standard InChI is InChI=1S/C12H15F2NO4S/c1-12(2,20(3,18)19)6-15-8-5-4-7(11(16)17)9(13)10(8)14/h4-5,15H,6H2,1-3H3,(H,16,17). The first-order valence-corrected chi connectivity index (χ1v) is 7.51. The maximum absolute atomic E-state index is 13.6. The zero-order valence-corrected chi connectivity index (χ0v) is 12.0. The van der Waals surface area contributed by atoms with Crippen LogP contribution < -0.4 is 5.32 Å². The third kappa shape index (κ3) is 3.24. The molecule has 112 valence electrons. The fourth-order valence-corrected chi connectivity index (χ4v) is 1.62. The summed E-state index contributed by atoms with van der Waals surface area (Å²) in [5, 5.41) is 11.1. The predicted molar refractivity (Wildman–Crippen MR) is 70.7 cm³/mol. The molecule has 0 saturated carbocycles. The van der Waals surface area contributed by atoms with Crippen molar-refractivity contribution in [3.05, 3.63) is 29.3 Å². The molecule has 0 aliphatic rings. The van der Waals surface area contributed by atoms with Crippen LogP contribution in [0.5, 0.6) is 0 Å². The van der Waals surface area contributed by atoms with E-state index in [1.807, 2.05) is 0 Å². The van der Waals surface area contributed by atoms with Gasteiger partial charge in [-0.2, -0.15) is 0 Å². The molecule has 0 amide bonds. The molecule has 0 heterocycles. The van der Waals surface area contributed by atoms with Gasteiger partial charge in [0.05, 0.1) is 16.0 Å². The van der Waals surface area contributed by atoms with Gasteiger partial charge in [0.1, 0.15) is 0 Å². The average molecular weight is 307 g/mol. The number of anilines is 1. The van der Waals surface area contributed by atoms with E-state index in [-0.39, 0.29) is 12.2 Å². The maximum Gasteiger partial charge on any atom is 0.338 e. The van der Waals surface area contributed by atoms with Crippen molar-refractivity contribution in [3.8, 4) is 0 Å². The number of carboxylic acid groups (broad SMARTS) is 1. The predicted octanol–water partition coefficient (Wildman–Crippen LogP) is 1.90. The molecule has 1 aromatic carbocycles. The van der Waals surface area contributed by atoms with E-state index in [2.05, 4.69) is 5.32 Å². The van der Waals surface area contributed by atoms with Crippen molar-refractivity contribution in [1.82, 2.24) is 0 Å². The molecule has 1 aromatic rings. The molecule has 0 spiro atoms. The van der Waals surface area contributed by atoms with E-state index in [9.17, 15) is 22.0 Å². The number of hydrogen-bond acceptors (Lipinski definition) is 4. The van der Waals surface area contributed by atoms with Crippen LogP contribution in [0.1, 0.15) is 24.2 Å². The summed E-state index contributed by atoms with van der Waals surface area (Å²) in [7, 11) is -3.39. The molecule has 0 aliphatic carbocycles. The highest BCUT2D eigenvalue weighted by molar-refractivity contribution is 7.92. The molecular weight excluding hydrogens is 292 g/mol. The SMILES string of the molecule is CC(C)(CNc1ccc(C(=O)O)c(F)c1F)S(C)(=O)=O. The smallest absolute Gasteiger partial charge is 0.338 e. The quantitative estimate of drug-likeness (QED) is 0.868. The summed E-state index contributed by atoms with van der Waals surface area (Å²) in [4.78, 5) is 10.6. The van der Waals surface area contributed by atoms with Gasteiger partial charge < -0.3 is 10.4 Å². The molecule has 20 heavy (non-hydrogen) atoms. The number of carbonyl (C=O) groups is 1. The number of nitrogens with one attached hydrogen (secondary N) is 1. The lowest BCUT2D eigenvalue weighted by Gasteiger charge is -2.23. The first kappa shape index (κ1) is 16.4. The molecule has 0 bridgehead atoms. The summed E-state index contributed by atoms with van der Waals surface area (Å²) < 4.78 is 48.9. The van der Waals surface area contributed by atoms with E-state index < -0.39 is 37.8 Å². The number of rotatable bonds is 5. The van der Waals surface area contributed by atoms with Gasteiger partial charge in [-0.1, -0.05) is 0 Å². The Labute approximate surface area is 115 Å². The van der Waals surface area contributed by atoms with Crippen LogP contribution in [0.3, 0.4) is 0 Å². The summed E-state index contributed by atoms with van der Waals surface area (Å²) in [6, 6.07) is 1.97. The first-order valence-electron chi connectivity index (χ1n) is 5.62. The molecule has 0 aliphatic heterocycles. The van der Waals surface area contributed by atoms with Gasteiger partial charge in [-0.3, -0.25) is 0 Å². The summed E-state index contributed by atoms with van der Waals surface area (Å²) in [5.41, 5.74) is -1.07. The largest absolute Gasteiger partial charge is 0.478 e. The van der Waals surface area contributed by atoms with Gasteiger partial charge in [0, 0.05) is 12.8 Å². The molecule has 0 fully saturated rings. The van der Waals surface area contributed by atoms with Crippen molar-refractivity contribution < 1.29 is 27.1 Å². The van der Waals surface area contributed by atoms with Crippen molar-refractivity contribution in [2.45, 2.75) is 18.6 Å².